The van der Waals surface area contributed by atoms with E-state index in [1.807, 2.05) is 30.3 Å². The maximum Gasteiger partial charge on any atom is 1.00 e. The van der Waals surface area contributed by atoms with E-state index in [0.717, 1.165) is 5.56 Å². The number of benzene rings is 1. The molecule has 1 heterocycles. The van der Waals surface area contributed by atoms with Gasteiger partial charge >= 0.3 is 18.9 Å². The zero-order valence-electron chi connectivity index (χ0n) is 9.31. The summed E-state index contributed by atoms with van der Waals surface area (Å²) in [6.45, 7) is 0. The van der Waals surface area contributed by atoms with E-state index in [1.165, 1.54) is 7.11 Å². The second-order valence-corrected chi connectivity index (χ2v) is 3.20. The number of ether oxygens (including phenoxy) is 1. The van der Waals surface area contributed by atoms with E-state index in [0.29, 0.717) is 0 Å². The Balaban J connectivity index is 0.00000128. The summed E-state index contributed by atoms with van der Waals surface area (Å²) in [6.07, 6.45) is -0.471. The molecular formula is C12H10LiNO2. The minimum absolute atomic E-state index is 0. The largest absolute Gasteiger partial charge is 1.00 e. The SMILES string of the molecule is CO[C@H]1C(=O)[N-][C@H]1C#Cc1ccccc1.[Li+]. The molecule has 1 aliphatic rings. The van der Waals surface area contributed by atoms with Crippen molar-refractivity contribution in [1.82, 2.24) is 0 Å². The van der Waals surface area contributed by atoms with Crippen LogP contribution in [0.15, 0.2) is 30.3 Å². The average molecular weight is 207 g/mol. The van der Waals surface area contributed by atoms with Crippen molar-refractivity contribution in [3.05, 3.63) is 41.2 Å². The van der Waals surface area contributed by atoms with E-state index in [9.17, 15) is 4.79 Å². The van der Waals surface area contributed by atoms with Crippen LogP contribution in [0.3, 0.4) is 0 Å². The second kappa shape index (κ2) is 5.77. The van der Waals surface area contributed by atoms with Gasteiger partial charge in [-0.1, -0.05) is 24.1 Å². The quantitative estimate of drug-likeness (QED) is 0.314. The third-order valence-electron chi connectivity index (χ3n) is 2.19. The van der Waals surface area contributed by atoms with Crippen molar-refractivity contribution >= 4 is 5.91 Å². The first-order valence-corrected chi connectivity index (χ1v) is 4.65. The number of carbonyl (C=O) groups is 1. The molecule has 0 unspecified atom stereocenters. The van der Waals surface area contributed by atoms with Crippen molar-refractivity contribution in [2.75, 3.05) is 7.11 Å². The van der Waals surface area contributed by atoms with Gasteiger partial charge in [-0.05, 0) is 18.2 Å². The molecule has 0 saturated carbocycles. The summed E-state index contributed by atoms with van der Waals surface area (Å²) in [4.78, 5) is 10.9. The van der Waals surface area contributed by atoms with Crippen LogP contribution in [0.2, 0.25) is 0 Å². The molecule has 16 heavy (non-hydrogen) atoms. The molecule has 3 nitrogen and oxygen atoms in total. The van der Waals surface area contributed by atoms with E-state index in [4.69, 9.17) is 4.74 Å². The van der Waals surface area contributed by atoms with Crippen LogP contribution in [0, 0.1) is 11.8 Å². The first-order chi connectivity index (χ1) is 7.31. The summed E-state index contributed by atoms with van der Waals surface area (Å²) < 4.78 is 4.95. The predicted octanol–water partition coefficient (Wildman–Crippen LogP) is -1.66. The molecule has 0 radical (unpaired) electrons. The van der Waals surface area contributed by atoms with Gasteiger partial charge in [0.2, 0.25) is 0 Å². The van der Waals surface area contributed by atoms with Crippen LogP contribution in [-0.4, -0.2) is 25.2 Å². The van der Waals surface area contributed by atoms with Crippen molar-refractivity contribution < 1.29 is 28.4 Å². The molecule has 0 spiro atoms. The molecule has 1 aromatic carbocycles. The average Bonchev–Trinajstić information content (AvgIpc) is 2.26. The van der Waals surface area contributed by atoms with Gasteiger partial charge in [-0.3, -0.25) is 0 Å². The number of rotatable bonds is 1. The normalized spacial score (nSPS) is 21.9. The number of nitrogens with zero attached hydrogens (tertiary/aromatic N) is 1. The molecule has 1 fully saturated rings. The van der Waals surface area contributed by atoms with Crippen molar-refractivity contribution in [3.8, 4) is 11.8 Å². The summed E-state index contributed by atoms with van der Waals surface area (Å²) in [5.41, 5.74) is 0.918. The molecule has 0 bridgehead atoms. The Morgan fingerprint density at radius 3 is 2.56 bits per heavy atom. The van der Waals surface area contributed by atoms with Gasteiger partial charge in [0.05, 0.1) is 12.0 Å². The summed E-state index contributed by atoms with van der Waals surface area (Å²) in [5.74, 6) is 5.64. The van der Waals surface area contributed by atoms with Crippen LogP contribution in [0.25, 0.3) is 5.32 Å². The van der Waals surface area contributed by atoms with Crippen molar-refractivity contribution in [2.45, 2.75) is 12.1 Å². The summed E-state index contributed by atoms with van der Waals surface area (Å²) in [6, 6.07) is 9.29. The zero-order chi connectivity index (χ0) is 10.7. The first-order valence-electron chi connectivity index (χ1n) is 4.65. The fourth-order valence-electron chi connectivity index (χ4n) is 1.35. The van der Waals surface area contributed by atoms with Gasteiger partial charge in [0.25, 0.3) is 0 Å². The van der Waals surface area contributed by atoms with Gasteiger partial charge < -0.3 is 14.8 Å². The number of amides is 1. The van der Waals surface area contributed by atoms with Gasteiger partial charge in [-0.15, -0.1) is 5.92 Å². The van der Waals surface area contributed by atoms with E-state index in [1.54, 1.807) is 0 Å². The summed E-state index contributed by atoms with van der Waals surface area (Å²) >= 11 is 0. The smallest absolute Gasteiger partial charge is 0.636 e. The van der Waals surface area contributed by atoms with Gasteiger partial charge in [-0.2, -0.15) is 0 Å². The monoisotopic (exact) mass is 207 g/mol. The Kier molecular flexibility index (Phi) is 4.65. The second-order valence-electron chi connectivity index (χ2n) is 3.20. The van der Waals surface area contributed by atoms with Crippen molar-refractivity contribution in [3.63, 3.8) is 0 Å². The van der Waals surface area contributed by atoms with Crippen LogP contribution in [0.1, 0.15) is 5.56 Å². The number of methoxy groups -OCH3 is 1. The molecule has 0 aliphatic carbocycles. The molecule has 76 valence electrons. The van der Waals surface area contributed by atoms with E-state index in [2.05, 4.69) is 17.2 Å². The predicted molar refractivity (Wildman–Crippen MR) is 56.3 cm³/mol. The van der Waals surface area contributed by atoms with E-state index < -0.39 is 6.10 Å². The Bertz CT molecular complexity index is 422. The first kappa shape index (κ1) is 12.9. The Labute approximate surface area is 107 Å². The molecule has 0 N–H and O–H groups in total. The minimum atomic E-state index is -0.471. The van der Waals surface area contributed by atoms with Crippen molar-refractivity contribution in [1.29, 1.82) is 0 Å². The molecule has 0 aromatic heterocycles. The molecule has 1 saturated heterocycles. The maximum atomic E-state index is 10.9. The number of β-lactam (4-membered cyclic amide) rings is 1. The molecule has 2 atom stereocenters. The van der Waals surface area contributed by atoms with Crippen LogP contribution in [-0.2, 0) is 9.53 Å². The maximum absolute atomic E-state index is 10.9. The fraction of sp³-hybridized carbons (Fsp3) is 0.250. The molecule has 1 aromatic rings. The molecule has 4 heteroatoms. The Hall–Kier alpha value is -1.19. The fourth-order valence-corrected chi connectivity index (χ4v) is 1.35. The number of hydrogen-bond acceptors (Lipinski definition) is 2. The van der Waals surface area contributed by atoms with E-state index >= 15 is 0 Å². The van der Waals surface area contributed by atoms with Gasteiger partial charge in [0.15, 0.2) is 0 Å². The third-order valence-corrected chi connectivity index (χ3v) is 2.19. The Morgan fingerprint density at radius 1 is 1.31 bits per heavy atom. The summed E-state index contributed by atoms with van der Waals surface area (Å²) in [5, 5.41) is 3.75. The van der Waals surface area contributed by atoms with Crippen LogP contribution < -0.4 is 18.9 Å². The number of carbonyl (C=O) groups excluding carboxylic acids is 1. The van der Waals surface area contributed by atoms with Crippen LogP contribution in [0.5, 0.6) is 0 Å². The third kappa shape index (κ3) is 2.68. The van der Waals surface area contributed by atoms with Gasteiger partial charge in [0.1, 0.15) is 0 Å². The van der Waals surface area contributed by atoms with Gasteiger partial charge in [-0.25, -0.2) is 0 Å². The van der Waals surface area contributed by atoms with Gasteiger partial charge in [0, 0.05) is 12.7 Å². The van der Waals surface area contributed by atoms with Crippen LogP contribution >= 0.6 is 0 Å². The standard InChI is InChI=1S/C12H11NO2.Li/c1-15-11-10(13-12(11)14)8-7-9-5-3-2-4-6-9;/h2-6,10-11H,1H3,(H,13,14);/q;+1/p-1/t10-,11+;/m0./s1. The van der Waals surface area contributed by atoms with Crippen LogP contribution in [0.4, 0.5) is 0 Å². The Morgan fingerprint density at radius 2 is 2.00 bits per heavy atom. The topological polar surface area (TPSA) is 40.4 Å². The number of hydrogen-bond donors (Lipinski definition) is 0. The zero-order valence-corrected chi connectivity index (χ0v) is 9.31. The molecule has 2 rings (SSSR count). The van der Waals surface area contributed by atoms with E-state index in [-0.39, 0.29) is 30.8 Å². The van der Waals surface area contributed by atoms with Crippen molar-refractivity contribution in [2.24, 2.45) is 0 Å². The minimum Gasteiger partial charge on any atom is -0.636 e. The molecule has 1 aliphatic heterocycles. The molecule has 1 amide bonds. The molecular weight excluding hydrogens is 197 g/mol. The summed E-state index contributed by atoms with van der Waals surface area (Å²) in [7, 11) is 1.49.